The summed E-state index contributed by atoms with van der Waals surface area (Å²) in [6, 6.07) is 9.98. The van der Waals surface area contributed by atoms with Crippen molar-refractivity contribution in [2.75, 3.05) is 23.4 Å². The average molecular weight is 204 g/mol. The van der Waals surface area contributed by atoms with E-state index in [2.05, 4.69) is 23.3 Å². The van der Waals surface area contributed by atoms with Crippen LogP contribution in [0.2, 0.25) is 0 Å². The lowest BCUT2D eigenvalue weighted by molar-refractivity contribution is 0.827. The van der Waals surface area contributed by atoms with E-state index in [1.165, 1.54) is 0 Å². The molecule has 1 aromatic rings. The van der Waals surface area contributed by atoms with Crippen LogP contribution in [0.1, 0.15) is 13.3 Å². The molecule has 1 rings (SSSR count). The fraction of sp³-hybridized carbons (Fsp3) is 0.364. The Morgan fingerprint density at radius 3 is 2.53 bits per heavy atom. The second kappa shape index (κ2) is 5.89. The van der Waals surface area contributed by atoms with Crippen LogP contribution in [0.25, 0.3) is 0 Å². The first-order valence-electron chi connectivity index (χ1n) is 5.00. The summed E-state index contributed by atoms with van der Waals surface area (Å²) in [5, 5.41) is 8.54. The first kappa shape index (κ1) is 11.3. The van der Waals surface area contributed by atoms with E-state index in [0.29, 0.717) is 6.42 Å². The molecule has 0 aliphatic heterocycles. The van der Waals surface area contributed by atoms with E-state index in [4.69, 9.17) is 11.1 Å². The minimum atomic E-state index is 0.546. The van der Waals surface area contributed by atoms with Crippen LogP contribution in [0.15, 0.2) is 24.3 Å². The van der Waals surface area contributed by atoms with E-state index in [1.807, 2.05) is 24.3 Å². The van der Waals surface area contributed by atoms with Crippen LogP contribution in [-0.4, -0.2) is 13.1 Å². The van der Waals surface area contributed by atoms with Crippen molar-refractivity contribution in [1.29, 1.82) is 5.26 Å². The summed E-state index contributed by atoms with van der Waals surface area (Å²) in [7, 11) is 0. The van der Waals surface area contributed by atoms with Gasteiger partial charge in [-0.1, -0.05) is 0 Å². The molecule has 80 valence electrons. The van der Waals surface area contributed by atoms with Gasteiger partial charge >= 0.3 is 0 Å². The van der Waals surface area contributed by atoms with Crippen molar-refractivity contribution in [3.05, 3.63) is 24.3 Å². The Labute approximate surface area is 90.3 Å². The van der Waals surface area contributed by atoms with Gasteiger partial charge in [-0.25, -0.2) is 0 Å². The lowest BCUT2D eigenvalue weighted by Crippen LogP contribution is -2.23. The zero-order valence-electron chi connectivity index (χ0n) is 8.90. The molecule has 0 aliphatic rings. The van der Waals surface area contributed by atoms with E-state index in [1.54, 1.807) is 0 Å². The maximum Gasteiger partial charge on any atom is 0.0640 e. The van der Waals surface area contributed by atoms with Gasteiger partial charge in [0.2, 0.25) is 0 Å². The van der Waals surface area contributed by atoms with Crippen LogP contribution in [0.4, 0.5) is 11.4 Å². The minimum Gasteiger partial charge on any atom is -0.371 e. The fourth-order valence-electron chi connectivity index (χ4n) is 1.42. The number of nitrogen functional groups attached to an aromatic ring is 1. The average Bonchev–Trinajstić information content (AvgIpc) is 2.31. The number of hydrogen-bond acceptors (Lipinski definition) is 4. The molecule has 4 heteroatoms. The third-order valence-corrected chi connectivity index (χ3v) is 2.27. The number of rotatable bonds is 5. The molecule has 1 aromatic carbocycles. The third-order valence-electron chi connectivity index (χ3n) is 2.27. The van der Waals surface area contributed by atoms with Crippen molar-refractivity contribution in [3.8, 4) is 6.07 Å². The van der Waals surface area contributed by atoms with Crippen LogP contribution >= 0.6 is 0 Å². The monoisotopic (exact) mass is 204 g/mol. The number of benzene rings is 1. The Morgan fingerprint density at radius 1 is 1.40 bits per heavy atom. The molecule has 0 fully saturated rings. The van der Waals surface area contributed by atoms with Crippen molar-refractivity contribution in [3.63, 3.8) is 0 Å². The van der Waals surface area contributed by atoms with Gasteiger partial charge in [-0.05, 0) is 31.2 Å². The molecule has 0 atom stereocenters. The molecular formula is C11H16N4. The summed E-state index contributed by atoms with van der Waals surface area (Å²) in [5.41, 5.74) is 4.59. The number of anilines is 2. The molecular weight excluding hydrogens is 188 g/mol. The van der Waals surface area contributed by atoms with E-state index in [-0.39, 0.29) is 0 Å². The van der Waals surface area contributed by atoms with Gasteiger partial charge in [-0.2, -0.15) is 5.26 Å². The highest BCUT2D eigenvalue weighted by molar-refractivity contribution is 5.54. The Bertz CT molecular complexity index is 325. The van der Waals surface area contributed by atoms with E-state index in [0.717, 1.165) is 24.5 Å². The summed E-state index contributed by atoms with van der Waals surface area (Å²) in [6.07, 6.45) is 0.546. The summed E-state index contributed by atoms with van der Waals surface area (Å²) >= 11 is 0. The topological polar surface area (TPSA) is 65.1 Å². The zero-order valence-corrected chi connectivity index (χ0v) is 8.90. The highest BCUT2D eigenvalue weighted by Crippen LogP contribution is 2.17. The molecule has 3 N–H and O–H groups in total. The molecule has 0 amide bonds. The molecule has 0 saturated heterocycles. The number of nitrogens with one attached hydrogen (secondary N) is 1. The Morgan fingerprint density at radius 2 is 2.07 bits per heavy atom. The predicted molar refractivity (Wildman–Crippen MR) is 62.4 cm³/mol. The SMILES string of the molecule is CCN(CCC#N)c1ccc(NN)cc1. The predicted octanol–water partition coefficient (Wildman–Crippen LogP) is 1.71. The van der Waals surface area contributed by atoms with E-state index >= 15 is 0 Å². The summed E-state index contributed by atoms with van der Waals surface area (Å²) in [4.78, 5) is 2.16. The summed E-state index contributed by atoms with van der Waals surface area (Å²) in [6.45, 7) is 3.74. The van der Waals surface area contributed by atoms with Gasteiger partial charge in [0.25, 0.3) is 0 Å². The Hall–Kier alpha value is -1.73. The second-order valence-corrected chi connectivity index (χ2v) is 3.18. The molecule has 0 radical (unpaired) electrons. The Kier molecular flexibility index (Phi) is 4.45. The standard InChI is InChI=1S/C11H16N4/c1-2-15(9-3-8-12)11-6-4-10(14-13)5-7-11/h4-7,14H,2-3,9,13H2,1H3. The molecule has 0 bridgehead atoms. The van der Waals surface area contributed by atoms with Crippen LogP contribution in [0, 0.1) is 11.3 Å². The molecule has 0 heterocycles. The van der Waals surface area contributed by atoms with Gasteiger partial charge in [0.1, 0.15) is 0 Å². The normalized spacial score (nSPS) is 9.40. The summed E-state index contributed by atoms with van der Waals surface area (Å²) < 4.78 is 0. The lowest BCUT2D eigenvalue weighted by Gasteiger charge is -2.21. The van der Waals surface area contributed by atoms with Crippen molar-refractivity contribution >= 4 is 11.4 Å². The van der Waals surface area contributed by atoms with Gasteiger partial charge in [-0.15, -0.1) is 0 Å². The lowest BCUT2D eigenvalue weighted by atomic mass is 10.2. The van der Waals surface area contributed by atoms with Crippen molar-refractivity contribution in [2.45, 2.75) is 13.3 Å². The molecule has 15 heavy (non-hydrogen) atoms. The van der Waals surface area contributed by atoms with Gasteiger partial charge < -0.3 is 10.3 Å². The van der Waals surface area contributed by atoms with Crippen LogP contribution in [0.5, 0.6) is 0 Å². The quantitative estimate of drug-likeness (QED) is 0.566. The first-order chi connectivity index (χ1) is 7.31. The van der Waals surface area contributed by atoms with Gasteiger partial charge in [0, 0.05) is 24.5 Å². The first-order valence-corrected chi connectivity index (χ1v) is 5.00. The fourth-order valence-corrected chi connectivity index (χ4v) is 1.42. The maximum atomic E-state index is 8.54. The molecule has 0 aliphatic carbocycles. The zero-order chi connectivity index (χ0) is 11.1. The summed E-state index contributed by atoms with van der Waals surface area (Å²) in [5.74, 6) is 5.28. The minimum absolute atomic E-state index is 0.546. The second-order valence-electron chi connectivity index (χ2n) is 3.18. The van der Waals surface area contributed by atoms with E-state index in [9.17, 15) is 0 Å². The molecule has 0 saturated carbocycles. The third kappa shape index (κ3) is 3.15. The van der Waals surface area contributed by atoms with Gasteiger partial charge in [0.15, 0.2) is 0 Å². The molecule has 0 unspecified atom stereocenters. The highest BCUT2D eigenvalue weighted by Gasteiger charge is 2.02. The van der Waals surface area contributed by atoms with Crippen LogP contribution in [0.3, 0.4) is 0 Å². The maximum absolute atomic E-state index is 8.54. The van der Waals surface area contributed by atoms with Crippen LogP contribution in [-0.2, 0) is 0 Å². The number of nitrogens with two attached hydrogens (primary N) is 1. The van der Waals surface area contributed by atoms with Crippen molar-refractivity contribution in [1.82, 2.24) is 0 Å². The number of hydrazine groups is 1. The smallest absolute Gasteiger partial charge is 0.0640 e. The number of nitrogens with zero attached hydrogens (tertiary/aromatic N) is 2. The van der Waals surface area contributed by atoms with Crippen molar-refractivity contribution in [2.24, 2.45) is 5.84 Å². The van der Waals surface area contributed by atoms with Gasteiger partial charge in [0.05, 0.1) is 12.5 Å². The molecule has 0 spiro atoms. The molecule has 0 aromatic heterocycles. The molecule has 4 nitrogen and oxygen atoms in total. The van der Waals surface area contributed by atoms with Crippen molar-refractivity contribution < 1.29 is 0 Å². The largest absolute Gasteiger partial charge is 0.371 e. The Balaban J connectivity index is 2.70. The number of nitriles is 1. The van der Waals surface area contributed by atoms with Gasteiger partial charge in [-0.3, -0.25) is 5.84 Å². The van der Waals surface area contributed by atoms with Crippen LogP contribution < -0.4 is 16.2 Å². The highest BCUT2D eigenvalue weighted by atomic mass is 15.2. The van der Waals surface area contributed by atoms with E-state index < -0.39 is 0 Å². The number of hydrogen-bond donors (Lipinski definition) is 2.